The van der Waals surface area contributed by atoms with E-state index in [0.717, 1.165) is 49.8 Å². The number of benzene rings is 2. The molecular formula is C40H46F2N6O8S2. The fourth-order valence-corrected chi connectivity index (χ4v) is 10.5. The van der Waals surface area contributed by atoms with Crippen molar-refractivity contribution in [2.75, 3.05) is 57.8 Å². The van der Waals surface area contributed by atoms with Gasteiger partial charge in [-0.15, -0.1) is 6.42 Å². The van der Waals surface area contributed by atoms with E-state index < -0.39 is 39.4 Å². The number of halogens is 2. The quantitative estimate of drug-likeness (QED) is 0.0997. The Morgan fingerprint density at radius 2 is 1.88 bits per heavy atom. The second kappa shape index (κ2) is 15.3. The molecule has 310 valence electrons. The van der Waals surface area contributed by atoms with Crippen LogP contribution in [0.2, 0.25) is 0 Å². The maximum atomic E-state index is 15.3. The number of fused-ring (bicyclic) bond motifs is 5. The van der Waals surface area contributed by atoms with Gasteiger partial charge in [-0.1, -0.05) is 23.3 Å². The summed E-state index contributed by atoms with van der Waals surface area (Å²) in [6.07, 6.45) is 7.60. The third-order valence-electron chi connectivity index (χ3n) is 11.2. The number of amides is 1. The molecule has 5 atom stereocenters. The zero-order chi connectivity index (χ0) is 41.1. The van der Waals surface area contributed by atoms with E-state index in [1.54, 1.807) is 6.07 Å². The van der Waals surface area contributed by atoms with E-state index in [4.69, 9.17) is 44.5 Å². The molecule has 4 saturated heterocycles. The smallest absolute Gasteiger partial charge is 0.410 e. The molecule has 0 aliphatic carbocycles. The second-order valence-corrected chi connectivity index (χ2v) is 19.1. The lowest BCUT2D eigenvalue weighted by atomic mass is 9.95. The summed E-state index contributed by atoms with van der Waals surface area (Å²) in [5.41, 5.74) is -0.679. The van der Waals surface area contributed by atoms with Crippen molar-refractivity contribution in [3.05, 3.63) is 46.2 Å². The summed E-state index contributed by atoms with van der Waals surface area (Å²) in [6.45, 7) is 7.53. The molecule has 8 rings (SSSR count). The van der Waals surface area contributed by atoms with Crippen molar-refractivity contribution in [2.24, 2.45) is 0 Å². The number of hydrogen-bond acceptors (Lipinski definition) is 14. The van der Waals surface area contributed by atoms with Crippen molar-refractivity contribution < 1.29 is 45.1 Å². The number of alkyl halides is 1. The largest absolute Gasteiger partial charge is 0.468 e. The summed E-state index contributed by atoms with van der Waals surface area (Å²) < 4.78 is 84.9. The van der Waals surface area contributed by atoms with Crippen LogP contribution in [0, 0.1) is 18.2 Å². The number of carbonyl (C=O) groups is 1. The minimum atomic E-state index is -4.19. The molecule has 0 spiro atoms. The molecule has 2 aromatic carbocycles. The predicted octanol–water partition coefficient (Wildman–Crippen LogP) is 5.95. The topological polar surface area (TPSA) is 146 Å². The Balaban J connectivity index is 1.25. The van der Waals surface area contributed by atoms with Crippen LogP contribution in [0.4, 0.5) is 19.4 Å². The minimum absolute atomic E-state index is 0.0563. The van der Waals surface area contributed by atoms with Crippen LogP contribution in [0.15, 0.2) is 24.3 Å². The second-order valence-electron chi connectivity index (χ2n) is 16.5. The normalized spacial score (nSPS) is 24.0. The SMILES string of the molecule is C#Cc1c(F)ccc2cc(OCOC)cc([C@@H](OS(C)(=O)=O)c3nc4c(N5CC6CCC(C5)N6C(=O)OC(C)(C)C)nc(OC[C@@]56CCCN5C[C@H](F)C6)nc4s3)c12. The number of methoxy groups -OCH3 is 1. The highest BCUT2D eigenvalue weighted by molar-refractivity contribution is 7.86. The number of anilines is 1. The Hall–Kier alpha value is -4.41. The highest BCUT2D eigenvalue weighted by atomic mass is 32.2. The van der Waals surface area contributed by atoms with Crippen LogP contribution in [-0.4, -0.2) is 122 Å². The third-order valence-corrected chi connectivity index (χ3v) is 12.7. The first-order valence-electron chi connectivity index (χ1n) is 19.2. The van der Waals surface area contributed by atoms with Gasteiger partial charge in [0.25, 0.3) is 10.1 Å². The summed E-state index contributed by atoms with van der Waals surface area (Å²) in [4.78, 5) is 34.4. The van der Waals surface area contributed by atoms with Crippen LogP contribution in [-0.2, 0) is 23.8 Å². The Kier molecular flexibility index (Phi) is 10.7. The highest BCUT2D eigenvalue weighted by Crippen LogP contribution is 2.44. The van der Waals surface area contributed by atoms with Crippen molar-refractivity contribution in [3.8, 4) is 24.1 Å². The van der Waals surface area contributed by atoms with Crippen LogP contribution in [0.3, 0.4) is 0 Å². The van der Waals surface area contributed by atoms with Gasteiger partial charge in [0.05, 0.1) is 29.4 Å². The molecule has 14 nitrogen and oxygen atoms in total. The van der Waals surface area contributed by atoms with E-state index in [1.807, 2.05) is 30.6 Å². The molecule has 2 aromatic heterocycles. The molecule has 4 aliphatic rings. The first kappa shape index (κ1) is 40.4. The fourth-order valence-electron chi connectivity index (χ4n) is 8.94. The molecule has 1 amide bonds. The fraction of sp³-hybridized carbons (Fsp3) is 0.550. The van der Waals surface area contributed by atoms with Gasteiger partial charge in [0.2, 0.25) is 0 Å². The van der Waals surface area contributed by atoms with E-state index in [2.05, 4.69) is 10.8 Å². The van der Waals surface area contributed by atoms with Gasteiger partial charge in [0, 0.05) is 44.1 Å². The molecule has 0 saturated carbocycles. The number of nitrogens with zero attached hydrogens (tertiary/aromatic N) is 6. The van der Waals surface area contributed by atoms with Crippen LogP contribution in [0.1, 0.15) is 75.1 Å². The number of thiazole rings is 1. The average molecular weight is 841 g/mol. The molecule has 2 bridgehead atoms. The van der Waals surface area contributed by atoms with Crippen LogP contribution < -0.4 is 14.4 Å². The third kappa shape index (κ3) is 7.86. The summed E-state index contributed by atoms with van der Waals surface area (Å²) in [5, 5.41) is 0.879. The van der Waals surface area contributed by atoms with Gasteiger partial charge in [-0.2, -0.15) is 18.4 Å². The van der Waals surface area contributed by atoms with Crippen molar-refractivity contribution in [2.45, 2.75) is 88.4 Å². The maximum absolute atomic E-state index is 15.3. The Bertz CT molecular complexity index is 2390. The minimum Gasteiger partial charge on any atom is -0.468 e. The zero-order valence-corrected chi connectivity index (χ0v) is 34.6. The number of hydrogen-bond donors (Lipinski definition) is 0. The van der Waals surface area contributed by atoms with E-state index >= 15 is 4.39 Å². The number of aromatic nitrogens is 3. The monoisotopic (exact) mass is 840 g/mol. The number of rotatable bonds is 11. The van der Waals surface area contributed by atoms with Gasteiger partial charge in [0.15, 0.2) is 23.5 Å². The van der Waals surface area contributed by atoms with E-state index in [-0.39, 0.29) is 59.1 Å². The summed E-state index contributed by atoms with van der Waals surface area (Å²) >= 11 is 1.06. The van der Waals surface area contributed by atoms with Crippen LogP contribution in [0.5, 0.6) is 11.8 Å². The summed E-state index contributed by atoms with van der Waals surface area (Å²) in [7, 11) is -2.73. The molecule has 4 aliphatic heterocycles. The molecule has 4 fully saturated rings. The summed E-state index contributed by atoms with van der Waals surface area (Å²) in [5.74, 6) is 2.45. The Morgan fingerprint density at radius 3 is 2.57 bits per heavy atom. The van der Waals surface area contributed by atoms with E-state index in [1.165, 1.54) is 25.3 Å². The highest BCUT2D eigenvalue weighted by Gasteiger charge is 2.50. The van der Waals surface area contributed by atoms with Crippen molar-refractivity contribution in [1.29, 1.82) is 0 Å². The molecule has 0 N–H and O–H groups in total. The Morgan fingerprint density at radius 1 is 1.12 bits per heavy atom. The standard InChI is InChI=1S/C40H46F2N6O8S2/c1-7-28-30(42)12-9-23-15-27(54-22-52-5)16-29(31(23)28)33(56-58(6,50)51)36-43-32-34(46-19-25-10-11-26(20-46)48(25)38(49)55-39(2,3)4)44-37(45-35(32)57-36)53-21-40-13-8-14-47(40)18-24(41)17-40/h1,9,12,15-16,24-26,33H,8,10-11,13-14,17-22H2,2-6H3/t24-,25?,26?,33-,40+/m1/s1. The molecule has 0 radical (unpaired) electrons. The summed E-state index contributed by atoms with van der Waals surface area (Å²) in [6, 6.07) is 5.63. The maximum Gasteiger partial charge on any atom is 0.410 e. The number of terminal acetylenes is 1. The molecular weight excluding hydrogens is 795 g/mol. The van der Waals surface area contributed by atoms with Gasteiger partial charge < -0.3 is 23.8 Å². The lowest BCUT2D eigenvalue weighted by molar-refractivity contribution is 0.0122. The van der Waals surface area contributed by atoms with Gasteiger partial charge in [-0.3, -0.25) is 14.0 Å². The number of ether oxygens (including phenoxy) is 4. The van der Waals surface area contributed by atoms with Gasteiger partial charge in [0.1, 0.15) is 40.5 Å². The van der Waals surface area contributed by atoms with Crippen molar-refractivity contribution in [1.82, 2.24) is 24.8 Å². The van der Waals surface area contributed by atoms with Gasteiger partial charge in [-0.05, 0) is 76.6 Å². The van der Waals surface area contributed by atoms with Gasteiger partial charge >= 0.3 is 12.1 Å². The van der Waals surface area contributed by atoms with Crippen molar-refractivity contribution >= 4 is 54.5 Å². The predicted molar refractivity (Wildman–Crippen MR) is 213 cm³/mol. The lowest BCUT2D eigenvalue weighted by Crippen LogP contribution is -2.57. The van der Waals surface area contributed by atoms with E-state index in [0.29, 0.717) is 53.4 Å². The number of piperazine rings is 1. The number of carbonyl (C=O) groups excluding carboxylic acids is 1. The van der Waals surface area contributed by atoms with Gasteiger partial charge in [-0.25, -0.2) is 18.6 Å². The van der Waals surface area contributed by atoms with E-state index in [9.17, 15) is 17.6 Å². The van der Waals surface area contributed by atoms with Crippen LogP contribution >= 0.6 is 11.3 Å². The Labute approximate surface area is 339 Å². The average Bonchev–Trinajstić information content (AvgIpc) is 3.90. The van der Waals surface area contributed by atoms with Crippen LogP contribution in [0.25, 0.3) is 21.1 Å². The molecule has 2 unspecified atom stereocenters. The first-order chi connectivity index (χ1) is 27.5. The molecule has 4 aromatic rings. The van der Waals surface area contributed by atoms with Crippen molar-refractivity contribution in [3.63, 3.8) is 0 Å². The molecule has 18 heteroatoms. The first-order valence-corrected chi connectivity index (χ1v) is 21.9. The zero-order valence-electron chi connectivity index (χ0n) is 33.0. The lowest BCUT2D eigenvalue weighted by Gasteiger charge is -2.41. The molecule has 58 heavy (non-hydrogen) atoms. The molecule has 6 heterocycles.